The Morgan fingerprint density at radius 1 is 0.757 bits per heavy atom. The van der Waals surface area contributed by atoms with Crippen LogP contribution in [-0.2, 0) is 10.1 Å². The zero-order chi connectivity index (χ0) is 26.3. The van der Waals surface area contributed by atoms with Crippen LogP contribution in [0.1, 0.15) is 31.8 Å². The number of carbonyl (C=O) groups excluding carboxylic acids is 2. The van der Waals surface area contributed by atoms with Crippen molar-refractivity contribution in [1.82, 2.24) is 5.43 Å². The van der Waals surface area contributed by atoms with Crippen LogP contribution in [0.3, 0.4) is 0 Å². The zero-order valence-electron chi connectivity index (χ0n) is 19.8. The predicted octanol–water partition coefficient (Wildman–Crippen LogP) is 4.78. The summed E-state index contributed by atoms with van der Waals surface area (Å²) in [5.74, 6) is -0.519. The van der Waals surface area contributed by atoms with Crippen molar-refractivity contribution in [3.63, 3.8) is 0 Å². The van der Waals surface area contributed by atoms with Crippen LogP contribution in [0.2, 0.25) is 0 Å². The zero-order valence-corrected chi connectivity index (χ0v) is 20.6. The molecule has 2 amide bonds. The monoisotopic (exact) mass is 513 g/mol. The molecule has 0 unspecified atom stereocenters. The van der Waals surface area contributed by atoms with E-state index in [2.05, 4.69) is 15.8 Å². The lowest BCUT2D eigenvalue weighted by Gasteiger charge is -2.07. The molecule has 0 bridgehead atoms. The first-order valence-corrected chi connectivity index (χ1v) is 12.6. The topological polar surface area (TPSA) is 114 Å². The van der Waals surface area contributed by atoms with Gasteiger partial charge in [0.05, 0.1) is 6.21 Å². The van der Waals surface area contributed by atoms with E-state index < -0.39 is 16.0 Å². The van der Waals surface area contributed by atoms with E-state index in [4.69, 9.17) is 4.18 Å². The van der Waals surface area contributed by atoms with Gasteiger partial charge in [-0.15, -0.1) is 0 Å². The Bertz CT molecular complexity index is 1520. The molecule has 0 atom stereocenters. The molecule has 37 heavy (non-hydrogen) atoms. The molecule has 4 rings (SSSR count). The third-order valence-electron chi connectivity index (χ3n) is 5.22. The minimum Gasteiger partial charge on any atom is -0.379 e. The molecule has 8 nitrogen and oxygen atoms in total. The third kappa shape index (κ3) is 6.89. The molecule has 4 aromatic rings. The van der Waals surface area contributed by atoms with Crippen LogP contribution in [0.15, 0.2) is 113 Å². The van der Waals surface area contributed by atoms with Crippen molar-refractivity contribution in [2.75, 3.05) is 5.32 Å². The van der Waals surface area contributed by atoms with Gasteiger partial charge in [0.1, 0.15) is 10.6 Å². The van der Waals surface area contributed by atoms with Crippen LogP contribution < -0.4 is 14.9 Å². The molecule has 4 aromatic carbocycles. The Labute approximate surface area is 214 Å². The Kier molecular flexibility index (Phi) is 7.75. The summed E-state index contributed by atoms with van der Waals surface area (Å²) < 4.78 is 30.0. The highest BCUT2D eigenvalue weighted by atomic mass is 32.2. The van der Waals surface area contributed by atoms with Gasteiger partial charge in [0, 0.05) is 16.8 Å². The SMILES string of the molecule is Cc1ccc(S(=O)(=O)Oc2ccc(C=NNC(=O)c3ccc(NC(=O)c4ccccc4)cc3)cc2)cc1. The number of rotatable bonds is 8. The molecule has 0 aromatic heterocycles. The summed E-state index contributed by atoms with van der Waals surface area (Å²) >= 11 is 0. The maximum absolute atomic E-state index is 12.4. The van der Waals surface area contributed by atoms with Crippen molar-refractivity contribution in [3.05, 3.63) is 125 Å². The minimum absolute atomic E-state index is 0.0676. The summed E-state index contributed by atoms with van der Waals surface area (Å²) in [5, 5.41) is 6.71. The van der Waals surface area contributed by atoms with Crippen molar-refractivity contribution < 1.29 is 22.2 Å². The number of hydrogen-bond acceptors (Lipinski definition) is 6. The first kappa shape index (κ1) is 25.3. The molecule has 0 saturated heterocycles. The van der Waals surface area contributed by atoms with Gasteiger partial charge in [-0.05, 0) is 85.3 Å². The number of amides is 2. The van der Waals surface area contributed by atoms with Crippen LogP contribution in [-0.4, -0.2) is 26.4 Å². The lowest BCUT2D eigenvalue weighted by atomic mass is 10.1. The van der Waals surface area contributed by atoms with Gasteiger partial charge in [-0.1, -0.05) is 35.9 Å². The normalized spacial score (nSPS) is 11.2. The second-order valence-corrected chi connectivity index (χ2v) is 9.56. The second-order valence-electron chi connectivity index (χ2n) is 8.02. The summed E-state index contributed by atoms with van der Waals surface area (Å²) in [6.45, 7) is 1.87. The number of benzene rings is 4. The summed E-state index contributed by atoms with van der Waals surface area (Å²) in [4.78, 5) is 24.7. The smallest absolute Gasteiger partial charge is 0.339 e. The van der Waals surface area contributed by atoms with Gasteiger partial charge < -0.3 is 9.50 Å². The van der Waals surface area contributed by atoms with Gasteiger partial charge in [0.15, 0.2) is 0 Å². The number of nitrogens with one attached hydrogen (secondary N) is 2. The van der Waals surface area contributed by atoms with Gasteiger partial charge in [-0.2, -0.15) is 13.5 Å². The fourth-order valence-electron chi connectivity index (χ4n) is 3.22. The Morgan fingerprint density at radius 3 is 2.03 bits per heavy atom. The largest absolute Gasteiger partial charge is 0.379 e. The molecular weight excluding hydrogens is 490 g/mol. The molecule has 186 valence electrons. The van der Waals surface area contributed by atoms with Crippen molar-refractivity contribution in [1.29, 1.82) is 0 Å². The predicted molar refractivity (Wildman–Crippen MR) is 141 cm³/mol. The standard InChI is InChI=1S/C28H23N3O5S/c1-20-7-17-26(18-8-20)37(34,35)36-25-15-9-21(10-16-25)19-29-31-28(33)23-11-13-24(14-12-23)30-27(32)22-5-3-2-4-6-22/h2-19H,1H3,(H,30,32)(H,31,33). The number of anilines is 1. The Hall–Kier alpha value is -4.76. The molecule has 0 radical (unpaired) electrons. The summed E-state index contributed by atoms with van der Waals surface area (Å²) in [6, 6.07) is 27.8. The molecule has 0 spiro atoms. The van der Waals surface area contributed by atoms with Crippen LogP contribution in [0, 0.1) is 6.92 Å². The van der Waals surface area contributed by atoms with Gasteiger partial charge in [-0.25, -0.2) is 5.43 Å². The maximum atomic E-state index is 12.4. The molecule has 0 saturated carbocycles. The van der Waals surface area contributed by atoms with E-state index in [0.717, 1.165) is 5.56 Å². The molecule has 0 aliphatic heterocycles. The lowest BCUT2D eigenvalue weighted by molar-refractivity contribution is 0.0954. The lowest BCUT2D eigenvalue weighted by Crippen LogP contribution is -2.17. The van der Waals surface area contributed by atoms with Gasteiger partial charge >= 0.3 is 10.1 Å². The average molecular weight is 514 g/mol. The molecule has 0 heterocycles. The molecule has 2 N–H and O–H groups in total. The van der Waals surface area contributed by atoms with E-state index in [-0.39, 0.29) is 16.6 Å². The van der Waals surface area contributed by atoms with Crippen LogP contribution >= 0.6 is 0 Å². The van der Waals surface area contributed by atoms with Crippen LogP contribution in [0.4, 0.5) is 5.69 Å². The van der Waals surface area contributed by atoms with Gasteiger partial charge in [-0.3, -0.25) is 9.59 Å². The second kappa shape index (κ2) is 11.3. The van der Waals surface area contributed by atoms with Crippen LogP contribution in [0.25, 0.3) is 0 Å². The quantitative estimate of drug-likeness (QED) is 0.200. The van der Waals surface area contributed by atoms with Crippen molar-refractivity contribution in [3.8, 4) is 5.75 Å². The highest BCUT2D eigenvalue weighted by Gasteiger charge is 2.16. The molecule has 0 aliphatic carbocycles. The maximum Gasteiger partial charge on any atom is 0.339 e. The van der Waals surface area contributed by atoms with E-state index in [1.807, 2.05) is 13.0 Å². The van der Waals surface area contributed by atoms with Crippen molar-refractivity contribution >= 4 is 33.8 Å². The molecule has 0 aliphatic rings. The van der Waals surface area contributed by atoms with Crippen molar-refractivity contribution in [2.24, 2.45) is 5.10 Å². The number of nitrogens with zero attached hydrogens (tertiary/aromatic N) is 1. The fraction of sp³-hybridized carbons (Fsp3) is 0.0357. The van der Waals surface area contributed by atoms with E-state index in [1.165, 1.54) is 30.5 Å². The van der Waals surface area contributed by atoms with Crippen molar-refractivity contribution in [2.45, 2.75) is 11.8 Å². The van der Waals surface area contributed by atoms with Crippen LogP contribution in [0.5, 0.6) is 5.75 Å². The Morgan fingerprint density at radius 2 is 1.38 bits per heavy atom. The fourth-order valence-corrected chi connectivity index (χ4v) is 4.15. The Balaban J connectivity index is 1.30. The van der Waals surface area contributed by atoms with Gasteiger partial charge in [0.25, 0.3) is 11.8 Å². The first-order valence-electron chi connectivity index (χ1n) is 11.2. The molecule has 9 heteroatoms. The number of carbonyl (C=O) groups is 2. The highest BCUT2D eigenvalue weighted by molar-refractivity contribution is 7.87. The number of hydrogen-bond donors (Lipinski definition) is 2. The van der Waals surface area contributed by atoms with E-state index in [1.54, 1.807) is 72.8 Å². The highest BCUT2D eigenvalue weighted by Crippen LogP contribution is 2.19. The summed E-state index contributed by atoms with van der Waals surface area (Å²) in [7, 11) is -3.94. The van der Waals surface area contributed by atoms with E-state index in [0.29, 0.717) is 22.4 Å². The minimum atomic E-state index is -3.94. The summed E-state index contributed by atoms with van der Waals surface area (Å²) in [5.41, 5.74) is 5.45. The molecular formula is C28H23N3O5S. The van der Waals surface area contributed by atoms with Gasteiger partial charge in [0.2, 0.25) is 0 Å². The number of hydrazone groups is 1. The number of aryl methyl sites for hydroxylation is 1. The summed E-state index contributed by atoms with van der Waals surface area (Å²) in [6.07, 6.45) is 1.42. The third-order valence-corrected chi connectivity index (χ3v) is 6.48. The van der Waals surface area contributed by atoms with E-state index >= 15 is 0 Å². The van der Waals surface area contributed by atoms with E-state index in [9.17, 15) is 18.0 Å². The first-order chi connectivity index (χ1) is 17.8. The average Bonchev–Trinajstić information content (AvgIpc) is 2.90. The molecule has 0 fully saturated rings.